The number of nitrogens with two attached hydrogens (primary N) is 1. The fraction of sp³-hybridized carbons (Fsp3) is 0.100. The van der Waals surface area contributed by atoms with Crippen LogP contribution in [0.2, 0.25) is 0 Å². The van der Waals surface area contributed by atoms with Gasteiger partial charge in [0.15, 0.2) is 5.69 Å². The monoisotopic (exact) mass is 235 g/mol. The number of ether oxygens (including phenoxy) is 1. The van der Waals surface area contributed by atoms with Gasteiger partial charge in [-0.05, 0) is 12.1 Å². The molecule has 0 aromatic carbocycles. The van der Waals surface area contributed by atoms with Crippen LogP contribution in [0, 0.1) is 0 Å². The van der Waals surface area contributed by atoms with E-state index in [1.165, 1.54) is 29.8 Å². The van der Waals surface area contributed by atoms with E-state index < -0.39 is 11.9 Å². The van der Waals surface area contributed by atoms with Crippen LogP contribution in [0.1, 0.15) is 21.1 Å². The maximum Gasteiger partial charge on any atom is 0.372 e. The Morgan fingerprint density at radius 2 is 2.24 bits per heavy atom. The minimum atomic E-state index is -1.24. The smallest absolute Gasteiger partial charge is 0.372 e. The first-order valence-corrected chi connectivity index (χ1v) is 4.63. The second kappa shape index (κ2) is 3.78. The van der Waals surface area contributed by atoms with Crippen molar-refractivity contribution < 1.29 is 19.4 Å². The Kier molecular flexibility index (Phi) is 2.43. The van der Waals surface area contributed by atoms with Crippen LogP contribution in [0.4, 0.5) is 5.69 Å². The zero-order valence-electron chi connectivity index (χ0n) is 8.88. The molecule has 2 heterocycles. The lowest BCUT2D eigenvalue weighted by Crippen LogP contribution is -2.04. The van der Waals surface area contributed by atoms with Crippen LogP contribution < -0.4 is 5.73 Å². The van der Waals surface area contributed by atoms with E-state index in [0.29, 0.717) is 11.2 Å². The molecule has 3 N–H and O–H groups in total. The molecule has 0 aliphatic rings. The third-order valence-electron chi connectivity index (χ3n) is 2.24. The van der Waals surface area contributed by atoms with Gasteiger partial charge in [-0.2, -0.15) is 0 Å². The van der Waals surface area contributed by atoms with Gasteiger partial charge >= 0.3 is 11.9 Å². The first-order chi connectivity index (χ1) is 8.04. The van der Waals surface area contributed by atoms with Crippen molar-refractivity contribution in [3.8, 4) is 0 Å². The van der Waals surface area contributed by atoms with Gasteiger partial charge in [0.25, 0.3) is 0 Å². The normalized spacial score (nSPS) is 10.4. The SMILES string of the molecule is COC(=O)c1nc(C(=O)O)n2ccc(N)cc12. The molecule has 2 aromatic rings. The number of imidazole rings is 1. The summed E-state index contributed by atoms with van der Waals surface area (Å²) in [6, 6.07) is 2.98. The van der Waals surface area contributed by atoms with Crippen LogP contribution in [-0.2, 0) is 4.74 Å². The number of carbonyl (C=O) groups excluding carboxylic acids is 1. The molecule has 88 valence electrons. The summed E-state index contributed by atoms with van der Waals surface area (Å²) in [7, 11) is 1.19. The number of carbonyl (C=O) groups is 2. The summed E-state index contributed by atoms with van der Waals surface area (Å²) in [5, 5.41) is 8.95. The maximum absolute atomic E-state index is 11.4. The summed E-state index contributed by atoms with van der Waals surface area (Å²) in [6.45, 7) is 0. The molecule has 0 bridgehead atoms. The molecular formula is C10H9N3O4. The van der Waals surface area contributed by atoms with Crippen LogP contribution in [0.25, 0.3) is 5.52 Å². The summed E-state index contributed by atoms with van der Waals surface area (Å²) in [4.78, 5) is 26.1. The van der Waals surface area contributed by atoms with E-state index in [2.05, 4.69) is 9.72 Å². The maximum atomic E-state index is 11.4. The first-order valence-electron chi connectivity index (χ1n) is 4.63. The van der Waals surface area contributed by atoms with E-state index in [1.807, 2.05) is 0 Å². The van der Waals surface area contributed by atoms with E-state index >= 15 is 0 Å². The highest BCUT2D eigenvalue weighted by Gasteiger charge is 2.21. The summed E-state index contributed by atoms with van der Waals surface area (Å²) in [5.74, 6) is -2.21. The van der Waals surface area contributed by atoms with Gasteiger partial charge in [0, 0.05) is 11.9 Å². The molecule has 0 radical (unpaired) electrons. The van der Waals surface area contributed by atoms with Crippen LogP contribution in [0.15, 0.2) is 18.3 Å². The van der Waals surface area contributed by atoms with E-state index in [1.54, 1.807) is 0 Å². The summed E-state index contributed by atoms with van der Waals surface area (Å²) >= 11 is 0. The standard InChI is InChI=1S/C10H9N3O4/c1-17-10(16)7-6-4-5(11)2-3-13(6)8(12-7)9(14)15/h2-4H,11H2,1H3,(H,14,15). The molecule has 0 aliphatic heterocycles. The average molecular weight is 235 g/mol. The Morgan fingerprint density at radius 3 is 2.82 bits per heavy atom. The van der Waals surface area contributed by atoms with Gasteiger partial charge in [-0.3, -0.25) is 4.40 Å². The molecule has 17 heavy (non-hydrogen) atoms. The number of aromatic carboxylic acids is 1. The van der Waals surface area contributed by atoms with Crippen molar-refractivity contribution in [1.82, 2.24) is 9.38 Å². The highest BCUT2D eigenvalue weighted by molar-refractivity contribution is 5.98. The van der Waals surface area contributed by atoms with Crippen molar-refractivity contribution in [3.63, 3.8) is 0 Å². The Balaban J connectivity index is 2.80. The second-order valence-electron chi connectivity index (χ2n) is 3.30. The summed E-state index contributed by atoms with van der Waals surface area (Å²) in [6.07, 6.45) is 1.44. The summed E-state index contributed by atoms with van der Waals surface area (Å²) < 4.78 is 5.80. The minimum absolute atomic E-state index is 0.0720. The van der Waals surface area contributed by atoms with Crippen LogP contribution >= 0.6 is 0 Å². The highest BCUT2D eigenvalue weighted by Crippen LogP contribution is 2.17. The third-order valence-corrected chi connectivity index (χ3v) is 2.24. The Bertz CT molecular complexity index is 617. The first kappa shape index (κ1) is 10.9. The van der Waals surface area contributed by atoms with Crippen molar-refractivity contribution in [1.29, 1.82) is 0 Å². The van der Waals surface area contributed by atoms with Crippen LogP contribution in [0.3, 0.4) is 0 Å². The van der Waals surface area contributed by atoms with Gasteiger partial charge in [-0.25, -0.2) is 14.6 Å². The fourth-order valence-corrected chi connectivity index (χ4v) is 1.50. The zero-order valence-corrected chi connectivity index (χ0v) is 8.88. The van der Waals surface area contributed by atoms with Gasteiger partial charge in [0.1, 0.15) is 0 Å². The largest absolute Gasteiger partial charge is 0.475 e. The number of esters is 1. The van der Waals surface area contributed by atoms with Crippen molar-refractivity contribution in [2.75, 3.05) is 12.8 Å². The number of fused-ring (bicyclic) bond motifs is 1. The molecule has 0 saturated carbocycles. The fourth-order valence-electron chi connectivity index (χ4n) is 1.50. The molecule has 7 heteroatoms. The highest BCUT2D eigenvalue weighted by atomic mass is 16.5. The molecule has 0 unspecified atom stereocenters. The van der Waals surface area contributed by atoms with E-state index in [9.17, 15) is 9.59 Å². The lowest BCUT2D eigenvalue weighted by atomic mass is 10.3. The van der Waals surface area contributed by atoms with Crippen molar-refractivity contribution in [3.05, 3.63) is 29.8 Å². The van der Waals surface area contributed by atoms with E-state index in [0.717, 1.165) is 0 Å². The van der Waals surface area contributed by atoms with Gasteiger partial charge in [0.05, 0.1) is 12.6 Å². The topological polar surface area (TPSA) is 107 Å². The Morgan fingerprint density at radius 1 is 1.53 bits per heavy atom. The van der Waals surface area contributed by atoms with E-state index in [-0.39, 0.29) is 11.5 Å². The molecular weight excluding hydrogens is 226 g/mol. The Hall–Kier alpha value is -2.57. The predicted octanol–water partition coefficient (Wildman–Crippen LogP) is 0.401. The van der Waals surface area contributed by atoms with E-state index in [4.69, 9.17) is 10.8 Å². The number of aromatic nitrogens is 2. The number of pyridine rings is 1. The molecule has 0 aliphatic carbocycles. The number of hydrogen-bond acceptors (Lipinski definition) is 5. The summed E-state index contributed by atoms with van der Waals surface area (Å²) in [5.41, 5.74) is 6.21. The van der Waals surface area contributed by atoms with Gasteiger partial charge in [-0.1, -0.05) is 0 Å². The van der Waals surface area contributed by atoms with Gasteiger partial charge < -0.3 is 15.6 Å². The number of nitrogen functional groups attached to an aromatic ring is 1. The number of nitrogens with zero attached hydrogens (tertiary/aromatic N) is 2. The molecule has 0 amide bonds. The molecule has 0 spiro atoms. The number of anilines is 1. The number of methoxy groups -OCH3 is 1. The molecule has 0 saturated heterocycles. The number of hydrogen-bond donors (Lipinski definition) is 2. The van der Waals surface area contributed by atoms with Gasteiger partial charge in [-0.15, -0.1) is 0 Å². The number of carboxylic acids is 1. The molecule has 2 rings (SSSR count). The lowest BCUT2D eigenvalue weighted by Gasteiger charge is -1.98. The quantitative estimate of drug-likeness (QED) is 0.729. The van der Waals surface area contributed by atoms with Crippen LogP contribution in [-0.4, -0.2) is 33.5 Å². The Labute approximate surface area is 95.4 Å². The molecule has 7 nitrogen and oxygen atoms in total. The number of rotatable bonds is 2. The van der Waals surface area contributed by atoms with Crippen LogP contribution in [0.5, 0.6) is 0 Å². The average Bonchev–Trinajstić information content (AvgIpc) is 2.66. The minimum Gasteiger partial charge on any atom is -0.475 e. The van der Waals surface area contributed by atoms with Crippen molar-refractivity contribution >= 4 is 23.1 Å². The predicted molar refractivity (Wildman–Crippen MR) is 57.9 cm³/mol. The van der Waals surface area contributed by atoms with Crippen molar-refractivity contribution in [2.24, 2.45) is 0 Å². The molecule has 0 atom stereocenters. The molecule has 2 aromatic heterocycles. The second-order valence-corrected chi connectivity index (χ2v) is 3.30. The lowest BCUT2D eigenvalue weighted by molar-refractivity contribution is 0.0597. The van der Waals surface area contributed by atoms with Gasteiger partial charge in [0.2, 0.25) is 5.82 Å². The zero-order chi connectivity index (χ0) is 12.6. The third kappa shape index (κ3) is 1.67. The molecule has 0 fully saturated rings. The van der Waals surface area contributed by atoms with Crippen molar-refractivity contribution in [2.45, 2.75) is 0 Å². The number of carboxylic acid groups (broad SMARTS) is 1.